The highest BCUT2D eigenvalue weighted by Gasteiger charge is 2.29. The monoisotopic (exact) mass is 433 g/mol. The Labute approximate surface area is 186 Å². The van der Waals surface area contributed by atoms with Crippen molar-refractivity contribution >= 4 is 11.9 Å². The first-order valence-electron chi connectivity index (χ1n) is 10.6. The second-order valence-corrected chi connectivity index (χ2v) is 8.05. The van der Waals surface area contributed by atoms with Gasteiger partial charge < -0.3 is 26.0 Å². The minimum absolute atomic E-state index is 0.0154. The number of nitrogens with one attached hydrogen (secondary N) is 1. The molecule has 166 valence electrons. The third-order valence-corrected chi connectivity index (χ3v) is 5.73. The molecule has 2 aromatic carbocycles. The second kappa shape index (κ2) is 9.38. The van der Waals surface area contributed by atoms with Crippen molar-refractivity contribution in [2.24, 2.45) is 0 Å². The van der Waals surface area contributed by atoms with Crippen molar-refractivity contribution in [3.8, 4) is 11.1 Å². The molecule has 2 unspecified atom stereocenters. The minimum Gasteiger partial charge on any atom is -0.449 e. The zero-order valence-corrected chi connectivity index (χ0v) is 17.9. The van der Waals surface area contributed by atoms with Crippen molar-refractivity contribution in [1.29, 1.82) is 0 Å². The Kier molecular flexibility index (Phi) is 6.39. The number of nitrogens with two attached hydrogens (primary N) is 1. The smallest absolute Gasteiger partial charge is 0.407 e. The molecule has 1 amide bonds. The number of amides is 1. The number of aryl methyl sites for hydroxylation is 1. The number of pyridine rings is 1. The van der Waals surface area contributed by atoms with Gasteiger partial charge in [0.15, 0.2) is 0 Å². The lowest BCUT2D eigenvalue weighted by molar-refractivity contribution is 0.0112. The number of hydrogen-bond donors (Lipinski definition) is 4. The SMILES string of the molecule is Cc1cc(N)nc(C(O)C(O)CCNC(=O)OCC2c3ccccc3-c3ccccc32)c1. The Balaban J connectivity index is 1.29. The summed E-state index contributed by atoms with van der Waals surface area (Å²) in [6, 6.07) is 19.6. The van der Waals surface area contributed by atoms with Crippen LogP contribution in [0.25, 0.3) is 11.1 Å². The van der Waals surface area contributed by atoms with Gasteiger partial charge in [-0.2, -0.15) is 0 Å². The fraction of sp³-hybridized carbons (Fsp3) is 0.280. The lowest BCUT2D eigenvalue weighted by atomic mass is 9.98. The van der Waals surface area contributed by atoms with Crippen LogP contribution in [0.3, 0.4) is 0 Å². The predicted molar refractivity (Wildman–Crippen MR) is 122 cm³/mol. The Bertz CT molecular complexity index is 1050. The number of nitrogens with zero attached hydrogens (tertiary/aromatic N) is 1. The maximum absolute atomic E-state index is 12.2. The van der Waals surface area contributed by atoms with Crippen LogP contribution in [0.5, 0.6) is 0 Å². The zero-order chi connectivity index (χ0) is 22.7. The largest absolute Gasteiger partial charge is 0.449 e. The lowest BCUT2D eigenvalue weighted by Gasteiger charge is -2.19. The molecule has 2 atom stereocenters. The summed E-state index contributed by atoms with van der Waals surface area (Å²) in [5.41, 5.74) is 11.5. The molecule has 5 N–H and O–H groups in total. The molecule has 1 aliphatic rings. The number of alkyl carbamates (subject to hydrolysis) is 1. The van der Waals surface area contributed by atoms with Crippen molar-refractivity contribution in [3.63, 3.8) is 0 Å². The van der Waals surface area contributed by atoms with Crippen molar-refractivity contribution in [3.05, 3.63) is 83.0 Å². The average molecular weight is 434 g/mol. The lowest BCUT2D eigenvalue weighted by Crippen LogP contribution is -2.31. The highest BCUT2D eigenvalue weighted by atomic mass is 16.5. The summed E-state index contributed by atoms with van der Waals surface area (Å²) in [6.45, 7) is 2.20. The number of benzene rings is 2. The van der Waals surface area contributed by atoms with Gasteiger partial charge in [-0.05, 0) is 53.3 Å². The van der Waals surface area contributed by atoms with E-state index in [1.165, 1.54) is 11.1 Å². The van der Waals surface area contributed by atoms with E-state index >= 15 is 0 Å². The van der Waals surface area contributed by atoms with E-state index in [2.05, 4.69) is 34.6 Å². The Hall–Kier alpha value is -3.42. The second-order valence-electron chi connectivity index (χ2n) is 8.05. The summed E-state index contributed by atoms with van der Waals surface area (Å²) < 4.78 is 5.48. The van der Waals surface area contributed by atoms with E-state index in [1.54, 1.807) is 12.1 Å². The average Bonchev–Trinajstić information content (AvgIpc) is 3.10. The number of carbonyl (C=O) groups excluding carboxylic acids is 1. The zero-order valence-electron chi connectivity index (χ0n) is 17.9. The Morgan fingerprint density at radius 2 is 1.72 bits per heavy atom. The van der Waals surface area contributed by atoms with Crippen LogP contribution in [-0.2, 0) is 4.74 Å². The third-order valence-electron chi connectivity index (χ3n) is 5.73. The van der Waals surface area contributed by atoms with Crippen molar-refractivity contribution in [1.82, 2.24) is 10.3 Å². The van der Waals surface area contributed by atoms with E-state index in [0.717, 1.165) is 16.7 Å². The molecule has 32 heavy (non-hydrogen) atoms. The fourth-order valence-corrected chi connectivity index (χ4v) is 4.20. The van der Waals surface area contributed by atoms with Gasteiger partial charge in [-0.1, -0.05) is 48.5 Å². The number of rotatable bonds is 7. The van der Waals surface area contributed by atoms with Crippen LogP contribution in [0.15, 0.2) is 60.7 Å². The molecule has 1 aliphatic carbocycles. The normalized spacial score (nSPS) is 14.3. The number of aliphatic hydroxyl groups is 2. The van der Waals surface area contributed by atoms with Gasteiger partial charge in [0.1, 0.15) is 18.5 Å². The van der Waals surface area contributed by atoms with Gasteiger partial charge in [-0.25, -0.2) is 9.78 Å². The number of hydrogen-bond acceptors (Lipinski definition) is 6. The van der Waals surface area contributed by atoms with Gasteiger partial charge in [0, 0.05) is 12.5 Å². The molecule has 1 aromatic heterocycles. The molecule has 0 aliphatic heterocycles. The molecule has 0 bridgehead atoms. The first-order valence-corrected chi connectivity index (χ1v) is 10.6. The number of carbonyl (C=O) groups is 1. The van der Waals surface area contributed by atoms with Crippen molar-refractivity contribution in [2.75, 3.05) is 18.9 Å². The molecular weight excluding hydrogens is 406 g/mol. The maximum atomic E-state index is 12.2. The molecular formula is C25H27N3O4. The Morgan fingerprint density at radius 3 is 2.34 bits per heavy atom. The van der Waals surface area contributed by atoms with E-state index in [-0.39, 0.29) is 31.3 Å². The molecule has 4 rings (SSSR count). The molecule has 0 saturated carbocycles. The molecule has 0 saturated heterocycles. The molecule has 0 radical (unpaired) electrons. The van der Waals surface area contributed by atoms with E-state index in [1.807, 2.05) is 31.2 Å². The predicted octanol–water partition coefficient (Wildman–Crippen LogP) is 3.30. The van der Waals surface area contributed by atoms with Gasteiger partial charge >= 0.3 is 6.09 Å². The van der Waals surface area contributed by atoms with Gasteiger partial charge in [-0.3, -0.25) is 0 Å². The molecule has 0 fully saturated rings. The van der Waals surface area contributed by atoms with Crippen LogP contribution in [0.1, 0.15) is 40.8 Å². The first kappa shape index (κ1) is 21.8. The quantitative estimate of drug-likeness (QED) is 0.454. The number of aliphatic hydroxyl groups excluding tert-OH is 2. The van der Waals surface area contributed by atoms with Gasteiger partial charge in [0.2, 0.25) is 0 Å². The van der Waals surface area contributed by atoms with Gasteiger partial charge in [0.25, 0.3) is 0 Å². The highest BCUT2D eigenvalue weighted by molar-refractivity contribution is 5.79. The van der Waals surface area contributed by atoms with Crippen molar-refractivity contribution < 1.29 is 19.7 Å². The molecule has 7 heteroatoms. The summed E-state index contributed by atoms with van der Waals surface area (Å²) in [7, 11) is 0. The summed E-state index contributed by atoms with van der Waals surface area (Å²) in [4.78, 5) is 16.3. The van der Waals surface area contributed by atoms with Crippen LogP contribution in [0.2, 0.25) is 0 Å². The molecule has 1 heterocycles. The number of aromatic nitrogens is 1. The van der Waals surface area contributed by atoms with Gasteiger partial charge in [0.05, 0.1) is 11.8 Å². The number of fused-ring (bicyclic) bond motifs is 3. The number of ether oxygens (including phenoxy) is 1. The topological polar surface area (TPSA) is 118 Å². The summed E-state index contributed by atoms with van der Waals surface area (Å²) >= 11 is 0. The van der Waals surface area contributed by atoms with Crippen LogP contribution in [0, 0.1) is 6.92 Å². The standard InChI is InChI=1S/C25H27N3O4/c1-15-12-21(28-23(26)13-15)24(30)22(29)10-11-27-25(31)32-14-20-18-8-4-2-6-16(18)17-7-3-5-9-19(17)20/h2-9,12-13,20,22,24,29-30H,10-11,14H2,1H3,(H2,26,28)(H,27,31). The fourth-order valence-electron chi connectivity index (χ4n) is 4.20. The maximum Gasteiger partial charge on any atom is 0.407 e. The van der Waals surface area contributed by atoms with E-state index in [4.69, 9.17) is 10.5 Å². The van der Waals surface area contributed by atoms with Gasteiger partial charge in [-0.15, -0.1) is 0 Å². The molecule has 3 aromatic rings. The third kappa shape index (κ3) is 4.59. The first-order chi connectivity index (χ1) is 15.4. The summed E-state index contributed by atoms with van der Waals surface area (Å²) in [5.74, 6) is 0.265. The summed E-state index contributed by atoms with van der Waals surface area (Å²) in [5, 5.41) is 23.2. The van der Waals surface area contributed by atoms with Crippen LogP contribution in [-0.4, -0.2) is 40.5 Å². The van der Waals surface area contributed by atoms with E-state index in [0.29, 0.717) is 5.69 Å². The van der Waals surface area contributed by atoms with E-state index in [9.17, 15) is 15.0 Å². The molecule has 0 spiro atoms. The van der Waals surface area contributed by atoms with E-state index < -0.39 is 18.3 Å². The number of nitrogen functional groups attached to an aromatic ring is 1. The van der Waals surface area contributed by atoms with Crippen molar-refractivity contribution in [2.45, 2.75) is 31.5 Å². The van der Waals surface area contributed by atoms with Crippen LogP contribution < -0.4 is 11.1 Å². The van der Waals surface area contributed by atoms with Crippen LogP contribution >= 0.6 is 0 Å². The molecule has 7 nitrogen and oxygen atoms in total. The number of anilines is 1. The highest BCUT2D eigenvalue weighted by Crippen LogP contribution is 2.44. The van der Waals surface area contributed by atoms with Crippen LogP contribution in [0.4, 0.5) is 10.6 Å². The minimum atomic E-state index is -1.19. The summed E-state index contributed by atoms with van der Waals surface area (Å²) in [6.07, 6.45) is -2.72. The Morgan fingerprint density at radius 1 is 1.09 bits per heavy atom.